The second kappa shape index (κ2) is 3.27. The summed E-state index contributed by atoms with van der Waals surface area (Å²) in [4.78, 5) is 0. The molecule has 0 fully saturated rings. The second-order valence-electron chi connectivity index (χ2n) is 0.994. The van der Waals surface area contributed by atoms with Crippen LogP contribution in [0.15, 0.2) is 10.2 Å². The van der Waals surface area contributed by atoms with Gasteiger partial charge < -0.3 is 5.43 Å². The fraction of sp³-hybridized carbons (Fsp3) is 0.667. The van der Waals surface area contributed by atoms with Crippen LogP contribution in [0.25, 0.3) is 0 Å². The predicted octanol–water partition coefficient (Wildman–Crippen LogP) is 0.570. The topological polar surface area (TPSA) is 60.6 Å². The van der Waals surface area contributed by atoms with Crippen LogP contribution in [-0.4, -0.2) is 12.9 Å². The standard InChI is InChI=1S/C3H8N4/c1-3(6-4)7-5-2/h4-5H,1-2H3. The van der Waals surface area contributed by atoms with Crippen LogP contribution in [0.4, 0.5) is 0 Å². The van der Waals surface area contributed by atoms with E-state index in [4.69, 9.17) is 5.53 Å². The molecule has 0 bridgehead atoms. The van der Waals surface area contributed by atoms with Gasteiger partial charge in [-0.25, -0.2) is 5.53 Å². The van der Waals surface area contributed by atoms with E-state index in [2.05, 4.69) is 15.6 Å². The van der Waals surface area contributed by atoms with Gasteiger partial charge in [-0.2, -0.15) is 5.10 Å². The molecule has 0 saturated heterocycles. The van der Waals surface area contributed by atoms with E-state index >= 15 is 0 Å². The summed E-state index contributed by atoms with van der Waals surface area (Å²) in [5.41, 5.74) is 8.86. The van der Waals surface area contributed by atoms with Gasteiger partial charge in [0.15, 0.2) is 5.84 Å². The smallest absolute Gasteiger partial charge is 0.166 e. The Morgan fingerprint density at radius 1 is 1.71 bits per heavy atom. The zero-order chi connectivity index (χ0) is 5.70. The summed E-state index contributed by atoms with van der Waals surface area (Å²) in [5.74, 6) is 0.433. The Balaban J connectivity index is 3.49. The molecule has 0 aromatic rings. The van der Waals surface area contributed by atoms with Crippen molar-refractivity contribution in [2.45, 2.75) is 6.92 Å². The first kappa shape index (κ1) is 6.07. The lowest BCUT2D eigenvalue weighted by atomic mass is 10.7. The third-order valence-electron chi connectivity index (χ3n) is 0.435. The summed E-state index contributed by atoms with van der Waals surface area (Å²) >= 11 is 0. The van der Waals surface area contributed by atoms with Gasteiger partial charge in [0.25, 0.3) is 0 Å². The molecule has 7 heavy (non-hydrogen) atoms. The Bertz CT molecular complexity index is 84.9. The van der Waals surface area contributed by atoms with E-state index in [1.165, 1.54) is 0 Å². The highest BCUT2D eigenvalue weighted by molar-refractivity contribution is 5.79. The maximum atomic E-state index is 6.37. The van der Waals surface area contributed by atoms with Gasteiger partial charge in [-0.3, -0.25) is 0 Å². The van der Waals surface area contributed by atoms with E-state index in [9.17, 15) is 0 Å². The molecule has 2 N–H and O–H groups in total. The molecule has 0 spiro atoms. The van der Waals surface area contributed by atoms with E-state index < -0.39 is 0 Å². The lowest BCUT2D eigenvalue weighted by Crippen LogP contribution is -1.97. The van der Waals surface area contributed by atoms with Crippen LogP contribution < -0.4 is 5.43 Å². The molecule has 0 saturated carbocycles. The molecule has 0 amide bonds. The Morgan fingerprint density at radius 2 is 2.29 bits per heavy atom. The van der Waals surface area contributed by atoms with E-state index in [0.29, 0.717) is 5.84 Å². The largest absolute Gasteiger partial charge is 0.311 e. The van der Waals surface area contributed by atoms with Gasteiger partial charge in [0, 0.05) is 7.05 Å². The number of hydrazone groups is 1. The fourth-order valence-electron chi connectivity index (χ4n) is 0.187. The van der Waals surface area contributed by atoms with Crippen LogP contribution in [0, 0.1) is 5.53 Å². The van der Waals surface area contributed by atoms with Gasteiger partial charge in [-0.05, 0) is 6.92 Å². The minimum absolute atomic E-state index is 0.433. The molecule has 0 aromatic heterocycles. The number of hydrogen-bond donors (Lipinski definition) is 2. The van der Waals surface area contributed by atoms with Gasteiger partial charge in [-0.15, -0.1) is 5.11 Å². The molecular weight excluding hydrogens is 92.1 g/mol. The molecule has 0 heterocycles. The van der Waals surface area contributed by atoms with Crippen LogP contribution in [0.3, 0.4) is 0 Å². The number of amidine groups is 1. The lowest BCUT2D eigenvalue weighted by Gasteiger charge is -1.84. The maximum Gasteiger partial charge on any atom is 0.166 e. The SMILES string of the molecule is CNN=C(C)N=N. The van der Waals surface area contributed by atoms with Crippen LogP contribution in [0.2, 0.25) is 0 Å². The molecule has 4 heteroatoms. The number of nitrogens with one attached hydrogen (secondary N) is 2. The number of nitrogens with zero attached hydrogens (tertiary/aromatic N) is 2. The average molecular weight is 100 g/mol. The first-order valence-electron chi connectivity index (χ1n) is 1.89. The highest BCUT2D eigenvalue weighted by Gasteiger charge is 1.75. The van der Waals surface area contributed by atoms with E-state index in [-0.39, 0.29) is 0 Å². The predicted molar refractivity (Wildman–Crippen MR) is 27.3 cm³/mol. The van der Waals surface area contributed by atoms with E-state index in [1.54, 1.807) is 14.0 Å². The highest BCUT2D eigenvalue weighted by atomic mass is 15.3. The van der Waals surface area contributed by atoms with Crippen molar-refractivity contribution in [2.75, 3.05) is 7.05 Å². The van der Waals surface area contributed by atoms with Gasteiger partial charge >= 0.3 is 0 Å². The van der Waals surface area contributed by atoms with Crippen LogP contribution in [0.5, 0.6) is 0 Å². The highest BCUT2D eigenvalue weighted by Crippen LogP contribution is 1.70. The summed E-state index contributed by atoms with van der Waals surface area (Å²) in [7, 11) is 1.66. The third-order valence-corrected chi connectivity index (χ3v) is 0.435. The van der Waals surface area contributed by atoms with Crippen LogP contribution in [0.1, 0.15) is 6.92 Å². The third kappa shape index (κ3) is 2.88. The number of rotatable bonds is 1. The summed E-state index contributed by atoms with van der Waals surface area (Å²) in [6.07, 6.45) is 0. The monoisotopic (exact) mass is 100 g/mol. The van der Waals surface area contributed by atoms with Crippen molar-refractivity contribution in [1.82, 2.24) is 5.43 Å². The minimum atomic E-state index is 0.433. The number of hydrogen-bond acceptors (Lipinski definition) is 3. The fourth-order valence-corrected chi connectivity index (χ4v) is 0.187. The molecule has 0 atom stereocenters. The van der Waals surface area contributed by atoms with Crippen molar-refractivity contribution < 1.29 is 0 Å². The summed E-state index contributed by atoms with van der Waals surface area (Å²) in [5, 5.41) is 6.57. The van der Waals surface area contributed by atoms with Crippen LogP contribution >= 0.6 is 0 Å². The van der Waals surface area contributed by atoms with Gasteiger partial charge in [0.05, 0.1) is 0 Å². The van der Waals surface area contributed by atoms with Crippen LogP contribution in [-0.2, 0) is 0 Å². The first-order chi connectivity index (χ1) is 3.31. The van der Waals surface area contributed by atoms with Crippen molar-refractivity contribution >= 4 is 5.84 Å². The zero-order valence-corrected chi connectivity index (χ0v) is 4.39. The van der Waals surface area contributed by atoms with Gasteiger partial charge in [-0.1, -0.05) is 0 Å². The van der Waals surface area contributed by atoms with Crippen molar-refractivity contribution in [3.05, 3.63) is 0 Å². The zero-order valence-electron chi connectivity index (χ0n) is 4.39. The van der Waals surface area contributed by atoms with Gasteiger partial charge in [0.2, 0.25) is 0 Å². The molecule has 0 aromatic carbocycles. The van der Waals surface area contributed by atoms with E-state index in [1.807, 2.05) is 0 Å². The molecule has 0 aliphatic heterocycles. The Hall–Kier alpha value is -0.930. The molecule has 0 aliphatic rings. The first-order valence-corrected chi connectivity index (χ1v) is 1.89. The summed E-state index contributed by atoms with van der Waals surface area (Å²) < 4.78 is 0. The Morgan fingerprint density at radius 3 is 2.43 bits per heavy atom. The average Bonchev–Trinajstić information content (AvgIpc) is 1.68. The molecule has 0 aliphatic carbocycles. The molecule has 40 valence electrons. The Kier molecular flexibility index (Phi) is 2.83. The Labute approximate surface area is 42.1 Å². The molecular formula is C3H8N4. The summed E-state index contributed by atoms with van der Waals surface area (Å²) in [6.45, 7) is 1.64. The molecule has 0 unspecified atom stereocenters. The summed E-state index contributed by atoms with van der Waals surface area (Å²) in [6, 6.07) is 0. The quantitative estimate of drug-likeness (QED) is 0.215. The van der Waals surface area contributed by atoms with Crippen molar-refractivity contribution in [3.63, 3.8) is 0 Å². The van der Waals surface area contributed by atoms with E-state index in [0.717, 1.165) is 0 Å². The van der Waals surface area contributed by atoms with Crippen molar-refractivity contribution in [3.8, 4) is 0 Å². The maximum absolute atomic E-state index is 6.37. The van der Waals surface area contributed by atoms with Crippen molar-refractivity contribution in [1.29, 1.82) is 5.53 Å². The second-order valence-corrected chi connectivity index (χ2v) is 0.994. The van der Waals surface area contributed by atoms with Crippen molar-refractivity contribution in [2.24, 2.45) is 10.2 Å². The molecule has 4 nitrogen and oxygen atoms in total. The minimum Gasteiger partial charge on any atom is -0.311 e. The molecule has 0 radical (unpaired) electrons. The normalized spacial score (nSPS) is 10.9. The molecule has 0 rings (SSSR count). The van der Waals surface area contributed by atoms with Gasteiger partial charge in [0.1, 0.15) is 0 Å². The lowest BCUT2D eigenvalue weighted by molar-refractivity contribution is 0.889.